The Morgan fingerprint density at radius 1 is 1.26 bits per heavy atom. The first-order chi connectivity index (χ1) is 8.97. The molecule has 3 N–H and O–H groups in total. The third-order valence-corrected chi connectivity index (χ3v) is 3.56. The summed E-state index contributed by atoms with van der Waals surface area (Å²) in [7, 11) is 0. The molecular formula is C13H9BrClFN2S. The highest BCUT2D eigenvalue weighted by Crippen LogP contribution is 2.26. The Morgan fingerprint density at radius 3 is 2.58 bits per heavy atom. The van der Waals surface area contributed by atoms with Gasteiger partial charge in [-0.05, 0) is 52.3 Å². The first kappa shape index (κ1) is 14.2. The van der Waals surface area contributed by atoms with Gasteiger partial charge in [0.25, 0.3) is 0 Å². The molecule has 2 aromatic rings. The minimum atomic E-state index is -0.415. The summed E-state index contributed by atoms with van der Waals surface area (Å²) in [5.41, 5.74) is 7.36. The molecule has 0 heterocycles. The summed E-state index contributed by atoms with van der Waals surface area (Å²) in [6.45, 7) is 0. The van der Waals surface area contributed by atoms with Crippen molar-refractivity contribution in [3.8, 4) is 0 Å². The van der Waals surface area contributed by atoms with Gasteiger partial charge in [-0.15, -0.1) is 0 Å². The quantitative estimate of drug-likeness (QED) is 0.785. The third kappa shape index (κ3) is 3.43. The zero-order valence-corrected chi connectivity index (χ0v) is 12.7. The Morgan fingerprint density at radius 2 is 2.00 bits per heavy atom. The maximum atomic E-state index is 13.6. The van der Waals surface area contributed by atoms with E-state index < -0.39 is 5.82 Å². The highest BCUT2D eigenvalue weighted by Gasteiger charge is 2.06. The van der Waals surface area contributed by atoms with Crippen molar-refractivity contribution in [3.63, 3.8) is 0 Å². The molecule has 0 atom stereocenters. The standard InChI is InChI=1S/C13H9BrClFN2S/c14-10-6-8(2-3-9(10)13(17)19)18-12-4-1-7(15)5-11(12)16/h1-6,18H,(H2,17,19). The van der Waals surface area contributed by atoms with Gasteiger partial charge in [0, 0.05) is 20.7 Å². The van der Waals surface area contributed by atoms with Gasteiger partial charge >= 0.3 is 0 Å². The van der Waals surface area contributed by atoms with E-state index in [4.69, 9.17) is 29.6 Å². The van der Waals surface area contributed by atoms with E-state index in [0.29, 0.717) is 21.4 Å². The molecule has 98 valence electrons. The number of rotatable bonds is 3. The van der Waals surface area contributed by atoms with Crippen LogP contribution in [0.15, 0.2) is 40.9 Å². The largest absolute Gasteiger partial charge is 0.389 e. The fraction of sp³-hybridized carbons (Fsp3) is 0. The molecule has 0 aliphatic rings. The monoisotopic (exact) mass is 358 g/mol. The van der Waals surface area contributed by atoms with Gasteiger partial charge in [-0.2, -0.15) is 0 Å². The van der Waals surface area contributed by atoms with Gasteiger partial charge in [0.2, 0.25) is 0 Å². The second kappa shape index (κ2) is 5.86. The lowest BCUT2D eigenvalue weighted by Gasteiger charge is -2.10. The Hall–Kier alpha value is -1.17. The number of nitrogens with one attached hydrogen (secondary N) is 1. The van der Waals surface area contributed by atoms with Crippen LogP contribution in [0.5, 0.6) is 0 Å². The van der Waals surface area contributed by atoms with Crippen LogP contribution in [-0.4, -0.2) is 4.99 Å². The maximum absolute atomic E-state index is 13.6. The average molecular weight is 360 g/mol. The summed E-state index contributed by atoms with van der Waals surface area (Å²) < 4.78 is 14.4. The van der Waals surface area contributed by atoms with Crippen molar-refractivity contribution in [3.05, 3.63) is 57.3 Å². The number of thiocarbonyl (C=S) groups is 1. The molecule has 0 radical (unpaired) electrons. The van der Waals surface area contributed by atoms with Crippen LogP contribution in [0.3, 0.4) is 0 Å². The fourth-order valence-electron chi connectivity index (χ4n) is 1.54. The van der Waals surface area contributed by atoms with Crippen molar-refractivity contribution in [1.82, 2.24) is 0 Å². The van der Waals surface area contributed by atoms with Gasteiger partial charge in [0.1, 0.15) is 10.8 Å². The molecule has 2 nitrogen and oxygen atoms in total. The Balaban J connectivity index is 2.29. The SMILES string of the molecule is NC(=S)c1ccc(Nc2ccc(Cl)cc2F)cc1Br. The number of anilines is 2. The fourth-order valence-corrected chi connectivity index (χ4v) is 2.60. The van der Waals surface area contributed by atoms with Crippen LogP contribution in [0, 0.1) is 5.82 Å². The Bertz CT molecular complexity index is 649. The molecular weight excluding hydrogens is 351 g/mol. The van der Waals surface area contributed by atoms with E-state index in [2.05, 4.69) is 21.2 Å². The lowest BCUT2D eigenvalue weighted by atomic mass is 10.2. The van der Waals surface area contributed by atoms with Crippen LogP contribution in [0.1, 0.15) is 5.56 Å². The van der Waals surface area contributed by atoms with Gasteiger partial charge in [-0.1, -0.05) is 23.8 Å². The molecule has 0 aliphatic carbocycles. The number of nitrogens with two attached hydrogens (primary N) is 1. The zero-order valence-electron chi connectivity index (χ0n) is 9.58. The second-order valence-corrected chi connectivity index (χ2v) is 5.54. The van der Waals surface area contributed by atoms with Crippen molar-refractivity contribution in [2.45, 2.75) is 0 Å². The number of hydrogen-bond acceptors (Lipinski definition) is 2. The summed E-state index contributed by atoms with van der Waals surface area (Å²) >= 11 is 14.0. The molecule has 0 aromatic heterocycles. The first-order valence-electron chi connectivity index (χ1n) is 5.29. The minimum Gasteiger partial charge on any atom is -0.389 e. The van der Waals surface area contributed by atoms with E-state index >= 15 is 0 Å². The Kier molecular flexibility index (Phi) is 4.39. The predicted molar refractivity (Wildman–Crippen MR) is 84.7 cm³/mol. The second-order valence-electron chi connectivity index (χ2n) is 3.81. The Labute approximate surface area is 128 Å². The third-order valence-electron chi connectivity index (χ3n) is 2.44. The number of halogens is 3. The number of benzene rings is 2. The van der Waals surface area contributed by atoms with Crippen LogP contribution in [0.2, 0.25) is 5.02 Å². The van der Waals surface area contributed by atoms with Gasteiger partial charge in [-0.25, -0.2) is 4.39 Å². The van der Waals surface area contributed by atoms with Crippen molar-refractivity contribution >= 4 is 56.1 Å². The molecule has 6 heteroatoms. The van der Waals surface area contributed by atoms with Gasteiger partial charge in [0.05, 0.1) is 5.69 Å². The normalized spacial score (nSPS) is 10.3. The van der Waals surface area contributed by atoms with Crippen LogP contribution < -0.4 is 11.1 Å². The molecule has 0 fully saturated rings. The molecule has 0 aliphatic heterocycles. The molecule has 0 saturated carbocycles. The van der Waals surface area contributed by atoms with Gasteiger partial charge < -0.3 is 11.1 Å². The smallest absolute Gasteiger partial charge is 0.148 e. The molecule has 2 aromatic carbocycles. The molecule has 0 saturated heterocycles. The summed E-state index contributed by atoms with van der Waals surface area (Å²) in [5, 5.41) is 3.31. The average Bonchev–Trinajstić information content (AvgIpc) is 2.32. The molecule has 2 rings (SSSR count). The van der Waals surface area contributed by atoms with E-state index in [-0.39, 0.29) is 0 Å². The highest BCUT2D eigenvalue weighted by atomic mass is 79.9. The van der Waals surface area contributed by atoms with Crippen LogP contribution in [-0.2, 0) is 0 Å². The molecule has 0 unspecified atom stereocenters. The van der Waals surface area contributed by atoms with E-state index in [0.717, 1.165) is 10.0 Å². The summed E-state index contributed by atoms with van der Waals surface area (Å²) in [6.07, 6.45) is 0. The molecule has 19 heavy (non-hydrogen) atoms. The minimum absolute atomic E-state index is 0.302. The topological polar surface area (TPSA) is 38.0 Å². The van der Waals surface area contributed by atoms with Gasteiger partial charge in [-0.3, -0.25) is 0 Å². The van der Waals surface area contributed by atoms with Gasteiger partial charge in [0.15, 0.2) is 0 Å². The lowest BCUT2D eigenvalue weighted by molar-refractivity contribution is 0.632. The van der Waals surface area contributed by atoms with Crippen molar-refractivity contribution in [1.29, 1.82) is 0 Å². The highest BCUT2D eigenvalue weighted by molar-refractivity contribution is 9.10. The summed E-state index contributed by atoms with van der Waals surface area (Å²) in [6, 6.07) is 9.76. The van der Waals surface area contributed by atoms with Crippen molar-refractivity contribution in [2.75, 3.05) is 5.32 Å². The van der Waals surface area contributed by atoms with Crippen LogP contribution in [0.25, 0.3) is 0 Å². The van der Waals surface area contributed by atoms with Crippen LogP contribution in [0.4, 0.5) is 15.8 Å². The van der Waals surface area contributed by atoms with E-state index in [1.165, 1.54) is 6.07 Å². The molecule has 0 amide bonds. The first-order valence-corrected chi connectivity index (χ1v) is 6.87. The summed E-state index contributed by atoms with van der Waals surface area (Å²) in [4.78, 5) is 0.302. The number of hydrogen-bond donors (Lipinski definition) is 2. The maximum Gasteiger partial charge on any atom is 0.148 e. The molecule has 0 bridgehead atoms. The van der Waals surface area contributed by atoms with Crippen molar-refractivity contribution < 1.29 is 4.39 Å². The lowest BCUT2D eigenvalue weighted by Crippen LogP contribution is -2.10. The summed E-state index contributed by atoms with van der Waals surface area (Å²) in [5.74, 6) is -0.415. The zero-order chi connectivity index (χ0) is 14.0. The van der Waals surface area contributed by atoms with Crippen LogP contribution >= 0.6 is 39.7 Å². The van der Waals surface area contributed by atoms with E-state index in [9.17, 15) is 4.39 Å². The molecule has 0 spiro atoms. The van der Waals surface area contributed by atoms with E-state index in [1.807, 2.05) is 0 Å². The van der Waals surface area contributed by atoms with E-state index in [1.54, 1.807) is 30.3 Å². The predicted octanol–water partition coefficient (Wildman–Crippen LogP) is 4.62. The van der Waals surface area contributed by atoms with Crippen molar-refractivity contribution in [2.24, 2.45) is 5.73 Å².